The number of hydrogen-bond donors (Lipinski definition) is 2. The summed E-state index contributed by atoms with van der Waals surface area (Å²) in [6.07, 6.45) is 0. The number of aromatic hydroxyl groups is 1. The van der Waals surface area contributed by atoms with E-state index in [0.29, 0.717) is 5.69 Å². The third kappa shape index (κ3) is 3.54. The highest BCUT2D eigenvalue weighted by Gasteiger charge is 2.26. The van der Waals surface area contributed by atoms with Crippen molar-refractivity contribution in [2.24, 2.45) is 5.92 Å². The van der Waals surface area contributed by atoms with Crippen LogP contribution in [-0.4, -0.2) is 18.2 Å². The highest BCUT2D eigenvalue weighted by Crippen LogP contribution is 2.31. The van der Waals surface area contributed by atoms with Crippen molar-refractivity contribution in [2.75, 3.05) is 12.4 Å². The number of phenolic OH excluding ortho intramolecular Hbond substituents is 1. The zero-order valence-corrected chi connectivity index (χ0v) is 12.1. The summed E-state index contributed by atoms with van der Waals surface area (Å²) >= 11 is 0. The van der Waals surface area contributed by atoms with Crippen molar-refractivity contribution < 1.29 is 14.6 Å². The van der Waals surface area contributed by atoms with Gasteiger partial charge >= 0.3 is 5.97 Å². The molecule has 0 fully saturated rings. The van der Waals surface area contributed by atoms with Crippen LogP contribution >= 0.6 is 0 Å². The van der Waals surface area contributed by atoms with Gasteiger partial charge in [-0.05, 0) is 24.6 Å². The molecule has 0 aliphatic carbocycles. The van der Waals surface area contributed by atoms with Gasteiger partial charge in [-0.2, -0.15) is 0 Å². The molecule has 2 aromatic rings. The van der Waals surface area contributed by atoms with Crippen LogP contribution < -0.4 is 5.32 Å². The summed E-state index contributed by atoms with van der Waals surface area (Å²) in [4.78, 5) is 11.9. The third-order valence-electron chi connectivity index (χ3n) is 3.45. The van der Waals surface area contributed by atoms with Crippen LogP contribution in [0.5, 0.6) is 5.75 Å². The molecular weight excluding hydrogens is 266 g/mol. The molecule has 0 heterocycles. The van der Waals surface area contributed by atoms with Gasteiger partial charge in [0.05, 0.1) is 24.8 Å². The molecule has 0 amide bonds. The topological polar surface area (TPSA) is 58.6 Å². The first-order chi connectivity index (χ1) is 10.1. The van der Waals surface area contributed by atoms with Gasteiger partial charge in [-0.25, -0.2) is 0 Å². The van der Waals surface area contributed by atoms with Crippen molar-refractivity contribution in [3.63, 3.8) is 0 Å². The van der Waals surface area contributed by atoms with Crippen LogP contribution in [0.25, 0.3) is 0 Å². The van der Waals surface area contributed by atoms with Gasteiger partial charge in [0.25, 0.3) is 0 Å². The summed E-state index contributed by atoms with van der Waals surface area (Å²) in [7, 11) is 1.38. The van der Waals surface area contributed by atoms with Crippen LogP contribution in [0.1, 0.15) is 18.5 Å². The van der Waals surface area contributed by atoms with E-state index in [1.807, 2.05) is 36.4 Å². The summed E-state index contributed by atoms with van der Waals surface area (Å²) in [5, 5.41) is 13.1. The number of benzene rings is 2. The summed E-state index contributed by atoms with van der Waals surface area (Å²) < 4.78 is 4.84. The molecule has 2 atom stereocenters. The second kappa shape index (κ2) is 6.79. The van der Waals surface area contributed by atoms with Crippen molar-refractivity contribution in [1.82, 2.24) is 0 Å². The predicted octanol–water partition coefficient (Wildman–Crippen LogP) is 3.35. The lowest BCUT2D eigenvalue weighted by Gasteiger charge is -2.25. The maximum atomic E-state index is 11.9. The molecule has 2 unspecified atom stereocenters. The molecule has 0 aromatic heterocycles. The number of esters is 1. The van der Waals surface area contributed by atoms with E-state index in [4.69, 9.17) is 4.74 Å². The molecule has 2 aromatic carbocycles. The number of nitrogens with one attached hydrogen (secondary N) is 1. The summed E-state index contributed by atoms with van der Waals surface area (Å²) in [6, 6.07) is 16.3. The number of methoxy groups -OCH3 is 1. The number of phenols is 1. The number of rotatable bonds is 5. The molecule has 2 rings (SSSR count). The summed E-state index contributed by atoms with van der Waals surface area (Å²) in [5.74, 6) is -0.542. The first-order valence-corrected chi connectivity index (χ1v) is 6.80. The zero-order valence-electron chi connectivity index (χ0n) is 12.1. The van der Waals surface area contributed by atoms with Crippen LogP contribution in [0.15, 0.2) is 54.6 Å². The Labute approximate surface area is 124 Å². The maximum absolute atomic E-state index is 11.9. The van der Waals surface area contributed by atoms with Gasteiger partial charge in [-0.1, -0.05) is 42.5 Å². The molecule has 0 saturated carbocycles. The molecule has 21 heavy (non-hydrogen) atoms. The second-order valence-electron chi connectivity index (χ2n) is 4.86. The molecular formula is C17H19NO3. The van der Waals surface area contributed by atoms with E-state index in [2.05, 4.69) is 5.32 Å². The van der Waals surface area contributed by atoms with Crippen molar-refractivity contribution in [3.05, 3.63) is 60.2 Å². The van der Waals surface area contributed by atoms with E-state index in [9.17, 15) is 9.90 Å². The third-order valence-corrected chi connectivity index (χ3v) is 3.45. The minimum absolute atomic E-state index is 0.149. The van der Waals surface area contributed by atoms with E-state index >= 15 is 0 Å². The van der Waals surface area contributed by atoms with Gasteiger partial charge in [-0.3, -0.25) is 4.79 Å². The molecule has 0 spiro atoms. The van der Waals surface area contributed by atoms with Gasteiger partial charge in [0.1, 0.15) is 5.75 Å². The van der Waals surface area contributed by atoms with Gasteiger partial charge in [0, 0.05) is 0 Å². The Balaban J connectivity index is 2.33. The van der Waals surface area contributed by atoms with Crippen LogP contribution in [-0.2, 0) is 9.53 Å². The Morgan fingerprint density at radius 3 is 2.33 bits per heavy atom. The van der Waals surface area contributed by atoms with Crippen molar-refractivity contribution in [2.45, 2.75) is 13.0 Å². The molecule has 0 saturated heterocycles. The highest BCUT2D eigenvalue weighted by molar-refractivity contribution is 5.74. The number of anilines is 1. The standard InChI is InChI=1S/C17H19NO3/c1-12(17(20)21-2)16(13-8-4-3-5-9-13)18-14-10-6-7-11-15(14)19/h3-12,16,18-19H,1-2H3. The van der Waals surface area contributed by atoms with E-state index in [1.54, 1.807) is 25.1 Å². The number of hydrogen-bond acceptors (Lipinski definition) is 4. The first-order valence-electron chi connectivity index (χ1n) is 6.80. The van der Waals surface area contributed by atoms with Gasteiger partial charge in [-0.15, -0.1) is 0 Å². The van der Waals surface area contributed by atoms with Crippen molar-refractivity contribution in [3.8, 4) is 5.75 Å². The lowest BCUT2D eigenvalue weighted by molar-refractivity contribution is -0.145. The molecule has 4 heteroatoms. The average Bonchev–Trinajstić information content (AvgIpc) is 2.53. The van der Waals surface area contributed by atoms with Crippen LogP contribution in [0.2, 0.25) is 0 Å². The average molecular weight is 285 g/mol. The fourth-order valence-corrected chi connectivity index (χ4v) is 2.24. The van der Waals surface area contributed by atoms with Crippen molar-refractivity contribution in [1.29, 1.82) is 0 Å². The fourth-order valence-electron chi connectivity index (χ4n) is 2.24. The lowest BCUT2D eigenvalue weighted by Crippen LogP contribution is -2.26. The number of para-hydroxylation sites is 2. The Kier molecular flexibility index (Phi) is 4.82. The number of carbonyl (C=O) groups excluding carboxylic acids is 1. The van der Waals surface area contributed by atoms with E-state index in [1.165, 1.54) is 7.11 Å². The highest BCUT2D eigenvalue weighted by atomic mass is 16.5. The molecule has 2 N–H and O–H groups in total. The van der Waals surface area contributed by atoms with E-state index in [-0.39, 0.29) is 17.8 Å². The Bertz CT molecular complexity index is 598. The predicted molar refractivity (Wildman–Crippen MR) is 82.1 cm³/mol. The molecule has 110 valence electrons. The van der Waals surface area contributed by atoms with Crippen molar-refractivity contribution >= 4 is 11.7 Å². The van der Waals surface area contributed by atoms with E-state index in [0.717, 1.165) is 5.56 Å². The SMILES string of the molecule is COC(=O)C(C)C(Nc1ccccc1O)c1ccccc1. The van der Waals surface area contributed by atoms with E-state index < -0.39 is 5.92 Å². The number of carbonyl (C=O) groups is 1. The second-order valence-corrected chi connectivity index (χ2v) is 4.86. The Hall–Kier alpha value is -2.49. The Morgan fingerprint density at radius 1 is 1.10 bits per heavy atom. The van der Waals surface area contributed by atoms with Gasteiger partial charge < -0.3 is 15.2 Å². The lowest BCUT2D eigenvalue weighted by atomic mass is 9.94. The monoisotopic (exact) mass is 285 g/mol. The van der Waals surface area contributed by atoms with Crippen LogP contribution in [0.4, 0.5) is 5.69 Å². The largest absolute Gasteiger partial charge is 0.506 e. The fraction of sp³-hybridized carbons (Fsp3) is 0.235. The smallest absolute Gasteiger partial charge is 0.310 e. The molecule has 0 bridgehead atoms. The minimum Gasteiger partial charge on any atom is -0.506 e. The number of ether oxygens (including phenoxy) is 1. The Morgan fingerprint density at radius 2 is 1.71 bits per heavy atom. The first kappa shape index (κ1) is 14.9. The zero-order chi connectivity index (χ0) is 15.2. The normalized spacial score (nSPS) is 13.2. The minimum atomic E-state index is -0.392. The van der Waals surface area contributed by atoms with Crippen LogP contribution in [0.3, 0.4) is 0 Å². The van der Waals surface area contributed by atoms with Crippen LogP contribution in [0, 0.1) is 5.92 Å². The van der Waals surface area contributed by atoms with Gasteiger partial charge in [0.15, 0.2) is 0 Å². The summed E-state index contributed by atoms with van der Waals surface area (Å²) in [5.41, 5.74) is 1.54. The molecule has 4 nitrogen and oxygen atoms in total. The molecule has 0 aliphatic heterocycles. The quantitative estimate of drug-likeness (QED) is 0.653. The van der Waals surface area contributed by atoms with Gasteiger partial charge in [0.2, 0.25) is 0 Å². The molecule has 0 radical (unpaired) electrons. The molecule has 0 aliphatic rings. The summed E-state index contributed by atoms with van der Waals surface area (Å²) in [6.45, 7) is 1.80. The maximum Gasteiger partial charge on any atom is 0.310 e.